The van der Waals surface area contributed by atoms with Crippen molar-refractivity contribution < 1.29 is 14.9 Å². The number of aliphatic hydroxyl groups is 1. The summed E-state index contributed by atoms with van der Waals surface area (Å²) in [6.45, 7) is 5.09. The van der Waals surface area contributed by atoms with Crippen molar-refractivity contribution in [2.45, 2.75) is 26.4 Å². The van der Waals surface area contributed by atoms with Crippen molar-refractivity contribution in [1.82, 2.24) is 0 Å². The van der Waals surface area contributed by atoms with Crippen molar-refractivity contribution in [1.29, 1.82) is 0 Å². The Balaban J connectivity index is 3.39. The van der Waals surface area contributed by atoms with E-state index in [9.17, 15) is 10.2 Å². The Morgan fingerprint density at radius 1 is 1.29 bits per heavy atom. The first-order chi connectivity index (χ1) is 6.38. The number of aryl methyl sites for hydroxylation is 1. The van der Waals surface area contributed by atoms with Crippen molar-refractivity contribution in [2.75, 3.05) is 7.11 Å². The summed E-state index contributed by atoms with van der Waals surface area (Å²) in [6.07, 6.45) is 0. The van der Waals surface area contributed by atoms with Gasteiger partial charge in [-0.05, 0) is 26.3 Å². The molecule has 3 nitrogen and oxygen atoms in total. The first kappa shape index (κ1) is 10.9. The molecule has 0 heterocycles. The van der Waals surface area contributed by atoms with E-state index < -0.39 is 5.60 Å². The molecule has 0 aliphatic carbocycles. The maximum atomic E-state index is 9.83. The number of aromatic hydroxyl groups is 1. The van der Waals surface area contributed by atoms with Crippen molar-refractivity contribution >= 4 is 0 Å². The monoisotopic (exact) mass is 196 g/mol. The minimum Gasteiger partial charge on any atom is -0.504 e. The van der Waals surface area contributed by atoms with Crippen LogP contribution in [0.3, 0.4) is 0 Å². The lowest BCUT2D eigenvalue weighted by atomic mass is 9.95. The summed E-state index contributed by atoms with van der Waals surface area (Å²) in [7, 11) is 1.48. The van der Waals surface area contributed by atoms with E-state index in [1.54, 1.807) is 32.9 Å². The van der Waals surface area contributed by atoms with Crippen LogP contribution in [-0.2, 0) is 5.60 Å². The van der Waals surface area contributed by atoms with Crippen molar-refractivity contribution in [3.63, 3.8) is 0 Å². The highest BCUT2D eigenvalue weighted by Crippen LogP contribution is 2.38. The van der Waals surface area contributed by atoms with E-state index in [1.807, 2.05) is 0 Å². The third kappa shape index (κ3) is 1.82. The zero-order chi connectivity index (χ0) is 10.9. The Kier molecular flexibility index (Phi) is 2.71. The topological polar surface area (TPSA) is 49.7 Å². The fourth-order valence-electron chi connectivity index (χ4n) is 1.36. The van der Waals surface area contributed by atoms with Gasteiger partial charge >= 0.3 is 0 Å². The molecule has 1 aromatic carbocycles. The van der Waals surface area contributed by atoms with E-state index >= 15 is 0 Å². The summed E-state index contributed by atoms with van der Waals surface area (Å²) in [5.74, 6) is 0.435. The fraction of sp³-hybridized carbons (Fsp3) is 0.455. The molecule has 2 N–H and O–H groups in total. The minimum atomic E-state index is -1.02. The Hall–Kier alpha value is -1.22. The standard InChI is InChI=1S/C11H16O3/c1-7-5-6-8(11(2,3)13)10(14-4)9(7)12/h5-6,12-13H,1-4H3. The van der Waals surface area contributed by atoms with Crippen LogP contribution in [0.15, 0.2) is 12.1 Å². The first-order valence-electron chi connectivity index (χ1n) is 4.47. The molecule has 0 radical (unpaired) electrons. The van der Waals surface area contributed by atoms with Gasteiger partial charge in [-0.2, -0.15) is 0 Å². The molecule has 14 heavy (non-hydrogen) atoms. The smallest absolute Gasteiger partial charge is 0.166 e. The van der Waals surface area contributed by atoms with Gasteiger partial charge in [0.05, 0.1) is 12.7 Å². The van der Waals surface area contributed by atoms with Gasteiger partial charge in [-0.1, -0.05) is 12.1 Å². The number of rotatable bonds is 2. The predicted octanol–water partition coefficient (Wildman–Crippen LogP) is 1.94. The minimum absolute atomic E-state index is 0.0899. The summed E-state index contributed by atoms with van der Waals surface area (Å²) in [5, 5.41) is 19.5. The molecule has 0 fully saturated rings. The van der Waals surface area contributed by atoms with E-state index in [-0.39, 0.29) is 5.75 Å². The van der Waals surface area contributed by atoms with Gasteiger partial charge in [0, 0.05) is 5.56 Å². The van der Waals surface area contributed by atoms with E-state index in [0.717, 1.165) is 5.56 Å². The number of ether oxygens (including phenoxy) is 1. The van der Waals surface area contributed by atoms with Crippen LogP contribution >= 0.6 is 0 Å². The molecule has 0 atom stereocenters. The highest BCUT2D eigenvalue weighted by molar-refractivity contribution is 5.52. The summed E-state index contributed by atoms with van der Waals surface area (Å²) in [4.78, 5) is 0. The Bertz CT molecular complexity index is 337. The molecule has 1 rings (SSSR count). The number of benzene rings is 1. The quantitative estimate of drug-likeness (QED) is 0.760. The van der Waals surface area contributed by atoms with E-state index in [4.69, 9.17) is 4.74 Å². The van der Waals surface area contributed by atoms with Crippen LogP contribution in [0.2, 0.25) is 0 Å². The molecule has 78 valence electrons. The summed E-state index contributed by atoms with van der Waals surface area (Å²) in [5.41, 5.74) is 0.300. The van der Waals surface area contributed by atoms with Crippen LogP contribution in [0.25, 0.3) is 0 Å². The number of hydrogen-bond acceptors (Lipinski definition) is 3. The number of methoxy groups -OCH3 is 1. The van der Waals surface area contributed by atoms with E-state index in [1.165, 1.54) is 7.11 Å². The Morgan fingerprint density at radius 3 is 2.29 bits per heavy atom. The van der Waals surface area contributed by atoms with Crippen LogP contribution in [0, 0.1) is 6.92 Å². The van der Waals surface area contributed by atoms with Crippen LogP contribution in [-0.4, -0.2) is 17.3 Å². The summed E-state index contributed by atoms with van der Waals surface area (Å²) in [6, 6.07) is 3.51. The third-order valence-electron chi connectivity index (χ3n) is 2.20. The van der Waals surface area contributed by atoms with Crippen LogP contribution in [0.5, 0.6) is 11.5 Å². The van der Waals surface area contributed by atoms with Crippen molar-refractivity contribution in [3.8, 4) is 11.5 Å². The van der Waals surface area contributed by atoms with Gasteiger partial charge in [0.2, 0.25) is 0 Å². The molecule has 0 aliphatic heterocycles. The molecule has 0 amide bonds. The molecular formula is C11H16O3. The zero-order valence-corrected chi connectivity index (χ0v) is 8.96. The average molecular weight is 196 g/mol. The lowest BCUT2D eigenvalue weighted by Crippen LogP contribution is -2.16. The molecule has 0 bridgehead atoms. The molecule has 0 unspecified atom stereocenters. The highest BCUT2D eigenvalue weighted by Gasteiger charge is 2.23. The molecule has 0 saturated carbocycles. The fourth-order valence-corrected chi connectivity index (χ4v) is 1.36. The largest absolute Gasteiger partial charge is 0.504 e. The van der Waals surface area contributed by atoms with Gasteiger partial charge in [-0.3, -0.25) is 0 Å². The van der Waals surface area contributed by atoms with Gasteiger partial charge in [0.1, 0.15) is 0 Å². The lowest BCUT2D eigenvalue weighted by Gasteiger charge is -2.22. The lowest BCUT2D eigenvalue weighted by molar-refractivity contribution is 0.0751. The molecule has 1 aromatic rings. The Morgan fingerprint density at radius 2 is 1.86 bits per heavy atom. The molecule has 0 spiro atoms. The normalized spacial score (nSPS) is 11.5. The number of phenolic OH excluding ortho intramolecular Hbond substituents is 1. The summed E-state index contributed by atoms with van der Waals surface area (Å²) >= 11 is 0. The molecule has 0 aromatic heterocycles. The SMILES string of the molecule is COc1c(C(C)(C)O)ccc(C)c1O. The van der Waals surface area contributed by atoms with Crippen LogP contribution < -0.4 is 4.74 Å². The number of phenols is 1. The van der Waals surface area contributed by atoms with Crippen molar-refractivity contribution in [3.05, 3.63) is 23.3 Å². The molecule has 0 aliphatic rings. The van der Waals surface area contributed by atoms with Gasteiger partial charge in [0.25, 0.3) is 0 Å². The second-order valence-corrected chi connectivity index (χ2v) is 3.87. The van der Waals surface area contributed by atoms with Gasteiger partial charge in [-0.25, -0.2) is 0 Å². The zero-order valence-electron chi connectivity index (χ0n) is 8.96. The highest BCUT2D eigenvalue weighted by atomic mass is 16.5. The Labute approximate surface area is 84.0 Å². The van der Waals surface area contributed by atoms with Gasteiger partial charge < -0.3 is 14.9 Å². The molecular weight excluding hydrogens is 180 g/mol. The molecule has 3 heteroatoms. The average Bonchev–Trinajstić information content (AvgIpc) is 2.07. The predicted molar refractivity (Wildman–Crippen MR) is 54.6 cm³/mol. The molecule has 0 saturated heterocycles. The second-order valence-electron chi connectivity index (χ2n) is 3.87. The van der Waals surface area contributed by atoms with Crippen molar-refractivity contribution in [2.24, 2.45) is 0 Å². The van der Waals surface area contributed by atoms with Gasteiger partial charge in [0.15, 0.2) is 11.5 Å². The van der Waals surface area contributed by atoms with E-state index in [2.05, 4.69) is 0 Å². The van der Waals surface area contributed by atoms with E-state index in [0.29, 0.717) is 11.3 Å². The first-order valence-corrected chi connectivity index (χ1v) is 4.47. The van der Waals surface area contributed by atoms with Gasteiger partial charge in [-0.15, -0.1) is 0 Å². The van der Waals surface area contributed by atoms with Crippen LogP contribution in [0.4, 0.5) is 0 Å². The third-order valence-corrected chi connectivity index (χ3v) is 2.20. The second kappa shape index (κ2) is 3.50. The maximum Gasteiger partial charge on any atom is 0.166 e. The number of hydrogen-bond donors (Lipinski definition) is 2. The van der Waals surface area contributed by atoms with Crippen LogP contribution in [0.1, 0.15) is 25.0 Å². The summed E-state index contributed by atoms with van der Waals surface area (Å²) < 4.78 is 5.07. The maximum absolute atomic E-state index is 9.83.